The molecule has 2 heterocycles. The highest BCUT2D eigenvalue weighted by atomic mass is 15.4. The first kappa shape index (κ1) is 14.2. The van der Waals surface area contributed by atoms with Gasteiger partial charge in [0.2, 0.25) is 11.9 Å². The summed E-state index contributed by atoms with van der Waals surface area (Å²) in [5, 5.41) is 6.98. The van der Waals surface area contributed by atoms with Crippen LogP contribution < -0.4 is 10.2 Å². The maximum atomic E-state index is 4.43. The zero-order valence-electron chi connectivity index (χ0n) is 12.3. The summed E-state index contributed by atoms with van der Waals surface area (Å²) in [5.41, 5.74) is 0. The molecule has 0 aromatic carbocycles. The van der Waals surface area contributed by atoms with E-state index < -0.39 is 0 Å². The van der Waals surface area contributed by atoms with E-state index in [0.29, 0.717) is 23.8 Å². The fourth-order valence-corrected chi connectivity index (χ4v) is 1.60. The van der Waals surface area contributed by atoms with Crippen LogP contribution in [-0.2, 0) is 0 Å². The van der Waals surface area contributed by atoms with Gasteiger partial charge in [0.25, 0.3) is 5.95 Å². The third-order valence-electron chi connectivity index (χ3n) is 2.84. The van der Waals surface area contributed by atoms with Crippen molar-refractivity contribution in [2.75, 3.05) is 30.9 Å². The molecule has 0 saturated heterocycles. The predicted octanol–water partition coefficient (Wildman–Crippen LogP) is 0.976. The van der Waals surface area contributed by atoms with Crippen LogP contribution in [0.4, 0.5) is 11.9 Å². The maximum absolute atomic E-state index is 4.43. The van der Waals surface area contributed by atoms with E-state index in [0.717, 1.165) is 13.0 Å². The molecule has 8 nitrogen and oxygen atoms in total. The summed E-state index contributed by atoms with van der Waals surface area (Å²) >= 11 is 0. The Balaban J connectivity index is 2.26. The lowest BCUT2D eigenvalue weighted by Gasteiger charge is -2.18. The first-order valence-electron chi connectivity index (χ1n) is 6.60. The van der Waals surface area contributed by atoms with Crippen LogP contribution >= 0.6 is 0 Å². The van der Waals surface area contributed by atoms with E-state index in [1.807, 2.05) is 11.9 Å². The van der Waals surface area contributed by atoms with Crippen LogP contribution in [-0.4, -0.2) is 50.4 Å². The molecular weight excluding hydrogens is 256 g/mol. The number of nitrogens with zero attached hydrogens (tertiary/aromatic N) is 7. The van der Waals surface area contributed by atoms with E-state index in [1.165, 1.54) is 11.0 Å². The number of rotatable bonds is 6. The van der Waals surface area contributed by atoms with Crippen LogP contribution in [0.25, 0.3) is 5.95 Å². The van der Waals surface area contributed by atoms with Crippen LogP contribution in [0.15, 0.2) is 12.7 Å². The van der Waals surface area contributed by atoms with E-state index in [2.05, 4.69) is 44.2 Å². The van der Waals surface area contributed by atoms with Crippen molar-refractivity contribution < 1.29 is 0 Å². The Bertz CT molecular complexity index is 536. The van der Waals surface area contributed by atoms with Gasteiger partial charge in [0.1, 0.15) is 12.7 Å². The smallest absolute Gasteiger partial charge is 0.258 e. The zero-order valence-corrected chi connectivity index (χ0v) is 12.3. The van der Waals surface area contributed by atoms with Crippen molar-refractivity contribution >= 4 is 11.9 Å². The molecule has 0 atom stereocenters. The average molecular weight is 276 g/mol. The Morgan fingerprint density at radius 1 is 1.30 bits per heavy atom. The largest absolute Gasteiger partial charge is 0.357 e. The van der Waals surface area contributed by atoms with E-state index in [-0.39, 0.29) is 0 Å². The van der Waals surface area contributed by atoms with Crippen LogP contribution in [0.3, 0.4) is 0 Å². The molecule has 0 saturated carbocycles. The topological polar surface area (TPSA) is 84.7 Å². The van der Waals surface area contributed by atoms with Crippen molar-refractivity contribution in [3.05, 3.63) is 12.7 Å². The van der Waals surface area contributed by atoms with E-state index in [4.69, 9.17) is 0 Å². The van der Waals surface area contributed by atoms with Gasteiger partial charge in [-0.25, -0.2) is 4.98 Å². The van der Waals surface area contributed by atoms with Crippen molar-refractivity contribution in [2.24, 2.45) is 5.92 Å². The number of nitrogens with one attached hydrogen (secondary N) is 1. The van der Waals surface area contributed by atoms with Crippen molar-refractivity contribution in [1.82, 2.24) is 29.7 Å². The SMILES string of the molecule is CNc1nc(N(C)CCC(C)C)nc(-n2cncn2)n1. The first-order chi connectivity index (χ1) is 9.60. The average Bonchev–Trinajstić information content (AvgIpc) is 2.98. The van der Waals surface area contributed by atoms with E-state index >= 15 is 0 Å². The fourth-order valence-electron chi connectivity index (χ4n) is 1.60. The Morgan fingerprint density at radius 2 is 2.10 bits per heavy atom. The zero-order chi connectivity index (χ0) is 14.5. The van der Waals surface area contributed by atoms with Gasteiger partial charge in [-0.2, -0.15) is 24.7 Å². The van der Waals surface area contributed by atoms with Crippen molar-refractivity contribution in [3.63, 3.8) is 0 Å². The number of hydrogen-bond donors (Lipinski definition) is 1. The molecule has 2 aromatic heterocycles. The Morgan fingerprint density at radius 3 is 2.70 bits per heavy atom. The molecule has 0 aliphatic rings. The predicted molar refractivity (Wildman–Crippen MR) is 77.0 cm³/mol. The van der Waals surface area contributed by atoms with Gasteiger partial charge in [0.05, 0.1) is 0 Å². The molecule has 1 N–H and O–H groups in total. The minimum atomic E-state index is 0.452. The number of hydrogen-bond acceptors (Lipinski definition) is 7. The molecule has 2 aromatic rings. The molecule has 0 aliphatic carbocycles. The molecule has 0 amide bonds. The first-order valence-corrected chi connectivity index (χ1v) is 6.60. The van der Waals surface area contributed by atoms with Gasteiger partial charge in [-0.05, 0) is 12.3 Å². The second-order valence-electron chi connectivity index (χ2n) is 4.95. The van der Waals surface area contributed by atoms with Gasteiger partial charge in [-0.3, -0.25) is 0 Å². The molecule has 8 heteroatoms. The second-order valence-corrected chi connectivity index (χ2v) is 4.95. The highest BCUT2D eigenvalue weighted by Crippen LogP contribution is 2.12. The number of aromatic nitrogens is 6. The van der Waals surface area contributed by atoms with Crippen LogP contribution in [0, 0.1) is 5.92 Å². The standard InChI is InChI=1S/C12H20N8/c1-9(2)5-6-19(4)11-16-10(13-3)17-12(18-11)20-8-14-7-15-20/h7-9H,5-6H2,1-4H3,(H,13,16,17,18). The quantitative estimate of drug-likeness (QED) is 0.841. The summed E-state index contributed by atoms with van der Waals surface area (Å²) in [6, 6.07) is 0. The van der Waals surface area contributed by atoms with Crippen molar-refractivity contribution in [1.29, 1.82) is 0 Å². The summed E-state index contributed by atoms with van der Waals surface area (Å²) in [6.45, 7) is 5.28. The highest BCUT2D eigenvalue weighted by Gasteiger charge is 2.11. The van der Waals surface area contributed by atoms with Gasteiger partial charge < -0.3 is 10.2 Å². The van der Waals surface area contributed by atoms with Crippen molar-refractivity contribution in [3.8, 4) is 5.95 Å². The molecule has 0 aliphatic heterocycles. The second kappa shape index (κ2) is 6.27. The lowest BCUT2D eigenvalue weighted by molar-refractivity contribution is 0.581. The lowest BCUT2D eigenvalue weighted by atomic mass is 10.1. The van der Waals surface area contributed by atoms with Gasteiger partial charge in [-0.15, -0.1) is 0 Å². The molecular formula is C12H20N8. The monoisotopic (exact) mass is 276 g/mol. The van der Waals surface area contributed by atoms with Gasteiger partial charge in [0, 0.05) is 20.6 Å². The van der Waals surface area contributed by atoms with E-state index in [1.54, 1.807) is 13.4 Å². The third-order valence-corrected chi connectivity index (χ3v) is 2.84. The van der Waals surface area contributed by atoms with Gasteiger partial charge in [-0.1, -0.05) is 13.8 Å². The molecule has 0 fully saturated rings. The molecule has 0 unspecified atom stereocenters. The minimum Gasteiger partial charge on any atom is -0.357 e. The Hall–Kier alpha value is -2.25. The summed E-state index contributed by atoms with van der Waals surface area (Å²) in [7, 11) is 3.75. The molecule has 20 heavy (non-hydrogen) atoms. The summed E-state index contributed by atoms with van der Waals surface area (Å²) in [5.74, 6) is 2.22. The summed E-state index contributed by atoms with van der Waals surface area (Å²) < 4.78 is 1.52. The fraction of sp³-hybridized carbons (Fsp3) is 0.583. The molecule has 108 valence electrons. The van der Waals surface area contributed by atoms with E-state index in [9.17, 15) is 0 Å². The molecule has 0 spiro atoms. The normalized spacial score (nSPS) is 10.8. The Labute approximate surface area is 118 Å². The van der Waals surface area contributed by atoms with Gasteiger partial charge in [0.15, 0.2) is 0 Å². The maximum Gasteiger partial charge on any atom is 0.258 e. The third kappa shape index (κ3) is 3.40. The minimum absolute atomic E-state index is 0.452. The molecule has 0 bridgehead atoms. The van der Waals surface area contributed by atoms with Gasteiger partial charge >= 0.3 is 0 Å². The van der Waals surface area contributed by atoms with Crippen LogP contribution in [0.2, 0.25) is 0 Å². The highest BCUT2D eigenvalue weighted by molar-refractivity contribution is 5.38. The number of anilines is 2. The summed E-state index contributed by atoms with van der Waals surface area (Å²) in [4.78, 5) is 19.0. The van der Waals surface area contributed by atoms with Crippen LogP contribution in [0.1, 0.15) is 20.3 Å². The molecule has 2 rings (SSSR count). The lowest BCUT2D eigenvalue weighted by Crippen LogP contribution is -2.23. The summed E-state index contributed by atoms with van der Waals surface area (Å²) in [6.07, 6.45) is 4.09. The van der Waals surface area contributed by atoms with Crippen LogP contribution in [0.5, 0.6) is 0 Å². The molecule has 0 radical (unpaired) electrons. The van der Waals surface area contributed by atoms with Crippen molar-refractivity contribution in [2.45, 2.75) is 20.3 Å². The Kier molecular flexibility index (Phi) is 4.44.